The fraction of sp³-hybridized carbons (Fsp3) is 0.290. The van der Waals surface area contributed by atoms with Crippen LogP contribution in [0.1, 0.15) is 19.3 Å². The summed E-state index contributed by atoms with van der Waals surface area (Å²) in [6.45, 7) is 4.49. The van der Waals surface area contributed by atoms with Gasteiger partial charge in [0.1, 0.15) is 23.0 Å². The molecule has 0 aliphatic carbocycles. The van der Waals surface area contributed by atoms with E-state index >= 15 is 0 Å². The van der Waals surface area contributed by atoms with Crippen molar-refractivity contribution in [2.75, 3.05) is 45.7 Å². The van der Waals surface area contributed by atoms with E-state index in [-0.39, 0.29) is 12.4 Å². The second-order valence-electron chi connectivity index (χ2n) is 9.21. The van der Waals surface area contributed by atoms with Crippen LogP contribution in [-0.4, -0.2) is 45.3 Å². The number of fused-ring (bicyclic) bond motifs is 1. The monoisotopic (exact) mass is 518 g/mol. The molecule has 1 N–H and O–H groups in total. The molecule has 5 rings (SSSR count). The molecule has 4 aromatic rings. The van der Waals surface area contributed by atoms with Gasteiger partial charge in [-0.15, -0.1) is 12.4 Å². The molecule has 0 spiro atoms. The summed E-state index contributed by atoms with van der Waals surface area (Å²) in [7, 11) is 3.37. The van der Waals surface area contributed by atoms with E-state index in [1.165, 1.54) is 32.4 Å². The van der Waals surface area contributed by atoms with Crippen LogP contribution < -0.4 is 19.5 Å². The molecule has 4 aromatic carbocycles. The number of likely N-dealkylation sites (tertiary alicyclic amines) is 1. The van der Waals surface area contributed by atoms with Gasteiger partial charge < -0.3 is 24.4 Å². The van der Waals surface area contributed by atoms with Crippen molar-refractivity contribution in [3.05, 3.63) is 78.9 Å². The predicted octanol–water partition coefficient (Wildman–Crippen LogP) is 7.64. The first-order valence-electron chi connectivity index (χ1n) is 12.7. The van der Waals surface area contributed by atoms with Gasteiger partial charge in [-0.1, -0.05) is 24.6 Å². The van der Waals surface area contributed by atoms with Crippen LogP contribution in [0.5, 0.6) is 23.0 Å². The number of piperidine rings is 1. The van der Waals surface area contributed by atoms with Gasteiger partial charge in [0.15, 0.2) is 0 Å². The molecule has 0 amide bonds. The molecule has 1 heterocycles. The molecule has 37 heavy (non-hydrogen) atoms. The van der Waals surface area contributed by atoms with Crippen molar-refractivity contribution in [2.45, 2.75) is 19.3 Å². The second kappa shape index (κ2) is 12.7. The number of halogens is 1. The van der Waals surface area contributed by atoms with Crippen LogP contribution in [-0.2, 0) is 0 Å². The number of nitrogens with zero attached hydrogens (tertiary/aromatic N) is 1. The minimum absolute atomic E-state index is 0. The van der Waals surface area contributed by atoms with Crippen molar-refractivity contribution in [3.8, 4) is 34.1 Å². The third-order valence-electron chi connectivity index (χ3n) is 6.86. The smallest absolute Gasteiger partial charge is 0.143 e. The first-order valence-corrected chi connectivity index (χ1v) is 12.7. The van der Waals surface area contributed by atoms with Crippen LogP contribution in [0.3, 0.4) is 0 Å². The van der Waals surface area contributed by atoms with Crippen molar-refractivity contribution >= 4 is 28.9 Å². The first-order chi connectivity index (χ1) is 17.7. The summed E-state index contributed by atoms with van der Waals surface area (Å²) in [5.41, 5.74) is 3.20. The third-order valence-corrected chi connectivity index (χ3v) is 6.86. The maximum Gasteiger partial charge on any atom is 0.143 e. The summed E-state index contributed by atoms with van der Waals surface area (Å²) in [4.78, 5) is 2.55. The van der Waals surface area contributed by atoms with Crippen LogP contribution in [0, 0.1) is 0 Å². The fourth-order valence-electron chi connectivity index (χ4n) is 4.81. The summed E-state index contributed by atoms with van der Waals surface area (Å²) >= 11 is 0. The van der Waals surface area contributed by atoms with E-state index in [0.29, 0.717) is 0 Å². The summed E-state index contributed by atoms with van der Waals surface area (Å²) in [5.74, 6) is 3.28. The average molecular weight is 519 g/mol. The fourth-order valence-corrected chi connectivity index (χ4v) is 4.81. The molecule has 1 aliphatic rings. The van der Waals surface area contributed by atoms with E-state index in [0.717, 1.165) is 63.7 Å². The number of hydrogen-bond acceptors (Lipinski definition) is 5. The van der Waals surface area contributed by atoms with Crippen LogP contribution in [0.25, 0.3) is 21.9 Å². The lowest BCUT2D eigenvalue weighted by molar-refractivity contribution is 0.237. The van der Waals surface area contributed by atoms with Crippen molar-refractivity contribution in [1.29, 1.82) is 0 Å². The number of methoxy groups -OCH3 is 2. The largest absolute Gasteiger partial charge is 0.497 e. The summed E-state index contributed by atoms with van der Waals surface area (Å²) in [6.07, 6.45) is 4.02. The van der Waals surface area contributed by atoms with Crippen LogP contribution >= 0.6 is 12.4 Å². The second-order valence-corrected chi connectivity index (χ2v) is 9.21. The SMILES string of the molecule is COc1ccc(-c2ccc3cc(OC)ccc3c2Oc2ccc(NCCN3CCCCC3)cc2)cc1.Cl. The predicted molar refractivity (Wildman–Crippen MR) is 155 cm³/mol. The number of ether oxygens (including phenoxy) is 3. The number of benzene rings is 4. The molecular formula is C31H35ClN2O3. The van der Waals surface area contributed by atoms with E-state index < -0.39 is 0 Å². The molecular weight excluding hydrogens is 484 g/mol. The average Bonchev–Trinajstić information content (AvgIpc) is 2.94. The number of rotatable bonds is 9. The van der Waals surface area contributed by atoms with E-state index in [2.05, 4.69) is 52.7 Å². The van der Waals surface area contributed by atoms with E-state index in [1.807, 2.05) is 36.4 Å². The minimum atomic E-state index is 0. The van der Waals surface area contributed by atoms with Gasteiger partial charge in [0, 0.05) is 29.7 Å². The highest BCUT2D eigenvalue weighted by Gasteiger charge is 2.14. The van der Waals surface area contributed by atoms with E-state index in [4.69, 9.17) is 14.2 Å². The zero-order valence-corrected chi connectivity index (χ0v) is 22.4. The zero-order valence-electron chi connectivity index (χ0n) is 21.5. The summed E-state index contributed by atoms with van der Waals surface area (Å²) < 4.78 is 17.3. The maximum absolute atomic E-state index is 6.55. The Labute approximate surface area is 225 Å². The molecule has 0 bridgehead atoms. The Balaban J connectivity index is 0.00000320. The lowest BCUT2D eigenvalue weighted by atomic mass is 9.99. The molecule has 1 aliphatic heterocycles. The molecule has 0 saturated carbocycles. The molecule has 0 aromatic heterocycles. The van der Waals surface area contributed by atoms with Crippen molar-refractivity contribution in [2.24, 2.45) is 0 Å². The molecule has 194 valence electrons. The van der Waals surface area contributed by atoms with Gasteiger partial charge in [-0.2, -0.15) is 0 Å². The lowest BCUT2D eigenvalue weighted by Crippen LogP contribution is -2.33. The van der Waals surface area contributed by atoms with Crippen LogP contribution in [0.4, 0.5) is 5.69 Å². The Morgan fingerprint density at radius 3 is 2.11 bits per heavy atom. The molecule has 0 radical (unpaired) electrons. The Morgan fingerprint density at radius 1 is 0.730 bits per heavy atom. The quantitative estimate of drug-likeness (QED) is 0.246. The van der Waals surface area contributed by atoms with E-state index in [9.17, 15) is 0 Å². The molecule has 0 atom stereocenters. The molecule has 5 nitrogen and oxygen atoms in total. The lowest BCUT2D eigenvalue weighted by Gasteiger charge is -2.26. The van der Waals surface area contributed by atoms with Gasteiger partial charge in [-0.3, -0.25) is 0 Å². The molecule has 0 unspecified atom stereocenters. The normalized spacial score (nSPS) is 13.6. The van der Waals surface area contributed by atoms with Gasteiger partial charge >= 0.3 is 0 Å². The van der Waals surface area contributed by atoms with E-state index in [1.54, 1.807) is 14.2 Å². The molecule has 6 heteroatoms. The van der Waals surface area contributed by atoms with Gasteiger partial charge in [-0.05, 0) is 97.5 Å². The minimum Gasteiger partial charge on any atom is -0.497 e. The van der Waals surface area contributed by atoms with Gasteiger partial charge in [0.25, 0.3) is 0 Å². The van der Waals surface area contributed by atoms with Crippen molar-refractivity contribution < 1.29 is 14.2 Å². The summed E-state index contributed by atoms with van der Waals surface area (Å²) in [6, 6.07) is 26.6. The van der Waals surface area contributed by atoms with Crippen LogP contribution in [0.15, 0.2) is 78.9 Å². The Morgan fingerprint density at radius 2 is 1.41 bits per heavy atom. The number of hydrogen-bond donors (Lipinski definition) is 1. The number of anilines is 1. The molecule has 1 saturated heterocycles. The zero-order chi connectivity index (χ0) is 24.7. The molecule has 1 fully saturated rings. The highest BCUT2D eigenvalue weighted by Crippen LogP contribution is 2.41. The first kappa shape index (κ1) is 26.6. The highest BCUT2D eigenvalue weighted by atomic mass is 35.5. The van der Waals surface area contributed by atoms with Gasteiger partial charge in [-0.25, -0.2) is 0 Å². The highest BCUT2D eigenvalue weighted by molar-refractivity contribution is 5.96. The van der Waals surface area contributed by atoms with Crippen LogP contribution in [0.2, 0.25) is 0 Å². The topological polar surface area (TPSA) is 43.0 Å². The van der Waals surface area contributed by atoms with Gasteiger partial charge in [0.05, 0.1) is 14.2 Å². The Bertz CT molecular complexity index is 1290. The third kappa shape index (κ3) is 6.48. The standard InChI is InChI=1S/C31H34N2O3.ClH/c1-34-26-11-6-23(7-12-26)29-16-8-24-22-28(35-2)15-17-30(24)31(29)36-27-13-9-25(10-14-27)32-18-21-33-19-4-3-5-20-33;/h6-17,22,32H,3-5,18-21H2,1-2H3;1H. The number of nitrogens with one attached hydrogen (secondary N) is 1. The Hall–Kier alpha value is -3.41. The Kier molecular flexibility index (Phi) is 9.15. The summed E-state index contributed by atoms with van der Waals surface area (Å²) in [5, 5.41) is 5.65. The van der Waals surface area contributed by atoms with Crippen molar-refractivity contribution in [3.63, 3.8) is 0 Å². The van der Waals surface area contributed by atoms with Crippen molar-refractivity contribution in [1.82, 2.24) is 4.90 Å². The van der Waals surface area contributed by atoms with Gasteiger partial charge in [0.2, 0.25) is 0 Å². The maximum atomic E-state index is 6.55.